The van der Waals surface area contributed by atoms with Crippen LogP contribution >= 0.6 is 0 Å². The van der Waals surface area contributed by atoms with Gasteiger partial charge in [-0.05, 0) is 32.5 Å². The van der Waals surface area contributed by atoms with Gasteiger partial charge in [-0.25, -0.2) is 4.39 Å². The zero-order valence-electron chi connectivity index (χ0n) is 19.7. The molecule has 1 aliphatic rings. The van der Waals surface area contributed by atoms with Gasteiger partial charge in [0.2, 0.25) is 0 Å². The van der Waals surface area contributed by atoms with Gasteiger partial charge < -0.3 is 24.8 Å². The maximum Gasteiger partial charge on any atom is 0.326 e. The number of H-pyrrole nitrogens is 2. The highest BCUT2D eigenvalue weighted by Crippen LogP contribution is 2.30. The molecule has 0 aliphatic carbocycles. The second-order valence-corrected chi connectivity index (χ2v) is 8.76. The van der Waals surface area contributed by atoms with Gasteiger partial charge in [0.05, 0.1) is 0 Å². The molecule has 9 nitrogen and oxygen atoms in total. The normalized spacial score (nSPS) is 14.6. The Morgan fingerprint density at radius 2 is 1.88 bits per heavy atom. The number of fused-ring (bicyclic) bond motifs is 1. The number of nitrogens with one attached hydrogen (secondary N) is 3. The van der Waals surface area contributed by atoms with Crippen LogP contribution in [0.4, 0.5) is 21.8 Å². The van der Waals surface area contributed by atoms with Gasteiger partial charge in [0, 0.05) is 66.7 Å². The second-order valence-electron chi connectivity index (χ2n) is 8.76. The molecule has 0 spiro atoms. The maximum absolute atomic E-state index is 14.8. The van der Waals surface area contributed by atoms with Crippen LogP contribution in [0.15, 0.2) is 30.3 Å². The Morgan fingerprint density at radius 3 is 2.68 bits per heavy atom. The quantitative estimate of drug-likeness (QED) is 0.374. The Labute approximate surface area is 197 Å². The highest BCUT2D eigenvalue weighted by atomic mass is 19.1. The largest absolute Gasteiger partial charge is 0.421 e. The van der Waals surface area contributed by atoms with Gasteiger partial charge in [0.15, 0.2) is 17.4 Å². The van der Waals surface area contributed by atoms with Crippen molar-refractivity contribution in [1.29, 1.82) is 0 Å². The molecule has 0 radical (unpaired) electrons. The molecule has 1 fully saturated rings. The van der Waals surface area contributed by atoms with Crippen molar-refractivity contribution < 1.29 is 9.13 Å². The van der Waals surface area contributed by atoms with Crippen LogP contribution in [0, 0.1) is 12.7 Å². The standard InChI is InChI=1S/C24H29FN8O/c1-4-5-17-12-22(31-30-17)27-21-14-23(33-8-6-32(3)7-9-33)29-24(28-21)34-20-11-16-10-15(2)26-19(16)13-18(20)25/h10-14,26H,4-9H2,1-3H3,(H2,27,28,29,30,31). The van der Waals surface area contributed by atoms with E-state index in [1.807, 2.05) is 25.1 Å². The first-order valence-corrected chi connectivity index (χ1v) is 11.6. The van der Waals surface area contributed by atoms with Gasteiger partial charge in [-0.1, -0.05) is 13.3 Å². The number of nitrogens with zero attached hydrogens (tertiary/aromatic N) is 5. The van der Waals surface area contributed by atoms with Crippen molar-refractivity contribution in [3.8, 4) is 11.8 Å². The van der Waals surface area contributed by atoms with Crippen molar-refractivity contribution in [2.45, 2.75) is 26.7 Å². The monoisotopic (exact) mass is 464 g/mol. The Hall–Kier alpha value is -3.66. The number of aromatic nitrogens is 5. The van der Waals surface area contributed by atoms with E-state index in [0.29, 0.717) is 11.6 Å². The lowest BCUT2D eigenvalue weighted by atomic mass is 10.2. The average molecular weight is 465 g/mol. The molecule has 0 bridgehead atoms. The molecule has 0 amide bonds. The van der Waals surface area contributed by atoms with Crippen LogP contribution in [-0.2, 0) is 6.42 Å². The van der Waals surface area contributed by atoms with Gasteiger partial charge >= 0.3 is 6.01 Å². The SMILES string of the molecule is CCCc1cc(Nc2cc(N3CCN(C)CC3)nc(Oc3cc4cc(C)[nH]c4cc3F)n2)n[nH]1. The summed E-state index contributed by atoms with van der Waals surface area (Å²) in [7, 11) is 2.10. The lowest BCUT2D eigenvalue weighted by Crippen LogP contribution is -2.44. The van der Waals surface area contributed by atoms with Crippen molar-refractivity contribution in [1.82, 2.24) is 30.0 Å². The predicted molar refractivity (Wildman–Crippen MR) is 131 cm³/mol. The fourth-order valence-electron chi connectivity index (χ4n) is 4.13. The summed E-state index contributed by atoms with van der Waals surface area (Å²) in [5.41, 5.74) is 2.72. The minimum Gasteiger partial charge on any atom is -0.421 e. The van der Waals surface area contributed by atoms with E-state index in [4.69, 9.17) is 4.74 Å². The van der Waals surface area contributed by atoms with Crippen molar-refractivity contribution in [2.75, 3.05) is 43.4 Å². The Morgan fingerprint density at radius 1 is 1.06 bits per heavy atom. The molecular formula is C24H29FN8O. The summed E-state index contributed by atoms with van der Waals surface area (Å²) in [6.45, 7) is 7.58. The topological polar surface area (TPSA) is 98.0 Å². The van der Waals surface area contributed by atoms with E-state index in [9.17, 15) is 4.39 Å². The second kappa shape index (κ2) is 9.30. The minimum absolute atomic E-state index is 0.0775. The van der Waals surface area contributed by atoms with Crippen molar-refractivity contribution in [3.63, 3.8) is 0 Å². The lowest BCUT2D eigenvalue weighted by Gasteiger charge is -2.33. The van der Waals surface area contributed by atoms with E-state index in [1.165, 1.54) is 6.07 Å². The van der Waals surface area contributed by atoms with E-state index in [1.54, 1.807) is 6.07 Å². The van der Waals surface area contributed by atoms with Crippen molar-refractivity contribution >= 4 is 28.4 Å². The molecule has 1 saturated heterocycles. The number of halogens is 1. The van der Waals surface area contributed by atoms with Crippen LogP contribution in [0.5, 0.6) is 11.8 Å². The number of hydrogen-bond acceptors (Lipinski definition) is 7. The summed E-state index contributed by atoms with van der Waals surface area (Å²) in [5, 5.41) is 11.5. The lowest BCUT2D eigenvalue weighted by molar-refractivity contribution is 0.311. The highest BCUT2D eigenvalue weighted by Gasteiger charge is 2.19. The Bertz CT molecular complexity index is 1290. The number of benzene rings is 1. The van der Waals surface area contributed by atoms with Crippen molar-refractivity contribution in [2.24, 2.45) is 0 Å². The Kier molecular flexibility index (Phi) is 6.06. The van der Waals surface area contributed by atoms with E-state index in [2.05, 4.69) is 54.2 Å². The van der Waals surface area contributed by atoms with Gasteiger partial charge in [-0.3, -0.25) is 5.10 Å². The number of anilines is 3. The van der Waals surface area contributed by atoms with Gasteiger partial charge in [-0.2, -0.15) is 15.1 Å². The first-order chi connectivity index (χ1) is 16.5. The molecular weight excluding hydrogens is 435 g/mol. The molecule has 3 aromatic heterocycles. The minimum atomic E-state index is -0.478. The van der Waals surface area contributed by atoms with Gasteiger partial charge in [-0.15, -0.1) is 0 Å². The highest BCUT2D eigenvalue weighted by molar-refractivity contribution is 5.82. The number of piperazine rings is 1. The van der Waals surface area contributed by atoms with Crippen LogP contribution in [0.2, 0.25) is 0 Å². The first kappa shape index (κ1) is 22.1. The number of hydrogen-bond donors (Lipinski definition) is 3. The summed E-state index contributed by atoms with van der Waals surface area (Å²) in [6.07, 6.45) is 1.94. The molecule has 3 N–H and O–H groups in total. The fourth-order valence-corrected chi connectivity index (χ4v) is 4.13. The van der Waals surface area contributed by atoms with Crippen LogP contribution in [0.3, 0.4) is 0 Å². The van der Waals surface area contributed by atoms with Gasteiger partial charge in [0.1, 0.15) is 11.6 Å². The van der Waals surface area contributed by atoms with Crippen LogP contribution in [0.25, 0.3) is 10.9 Å². The average Bonchev–Trinajstić information content (AvgIpc) is 3.39. The first-order valence-electron chi connectivity index (χ1n) is 11.6. The summed E-state index contributed by atoms with van der Waals surface area (Å²) >= 11 is 0. The molecule has 4 aromatic rings. The molecule has 34 heavy (non-hydrogen) atoms. The molecule has 0 atom stereocenters. The van der Waals surface area contributed by atoms with Crippen LogP contribution in [0.1, 0.15) is 24.7 Å². The van der Waals surface area contributed by atoms with E-state index in [-0.39, 0.29) is 11.8 Å². The van der Waals surface area contributed by atoms with Crippen LogP contribution in [-0.4, -0.2) is 63.3 Å². The summed E-state index contributed by atoms with van der Waals surface area (Å²) in [4.78, 5) is 16.7. The number of ether oxygens (including phenoxy) is 1. The molecule has 4 heterocycles. The van der Waals surface area contributed by atoms with E-state index >= 15 is 0 Å². The summed E-state index contributed by atoms with van der Waals surface area (Å²) in [6, 6.07) is 8.96. The number of rotatable bonds is 7. The molecule has 5 rings (SSSR count). The Balaban J connectivity index is 1.46. The fraction of sp³-hybridized carbons (Fsp3) is 0.375. The van der Waals surface area contributed by atoms with E-state index < -0.39 is 5.82 Å². The van der Waals surface area contributed by atoms with Crippen LogP contribution < -0.4 is 15.0 Å². The third-order valence-electron chi connectivity index (χ3n) is 5.93. The van der Waals surface area contributed by atoms with Gasteiger partial charge in [0.25, 0.3) is 0 Å². The summed E-state index contributed by atoms with van der Waals surface area (Å²) in [5.74, 6) is 1.52. The zero-order chi connectivity index (χ0) is 23.7. The molecule has 1 aromatic carbocycles. The van der Waals surface area contributed by atoms with Crippen molar-refractivity contribution in [3.05, 3.63) is 47.5 Å². The third-order valence-corrected chi connectivity index (χ3v) is 5.93. The van der Waals surface area contributed by atoms with E-state index in [0.717, 1.165) is 67.1 Å². The molecule has 178 valence electrons. The smallest absolute Gasteiger partial charge is 0.326 e. The molecule has 1 aliphatic heterocycles. The molecule has 0 unspecified atom stereocenters. The third kappa shape index (κ3) is 4.81. The number of aromatic amines is 2. The predicted octanol–water partition coefficient (Wildman–Crippen LogP) is 4.37. The maximum atomic E-state index is 14.8. The molecule has 10 heteroatoms. The summed E-state index contributed by atoms with van der Waals surface area (Å²) < 4.78 is 20.7. The molecule has 0 saturated carbocycles. The number of aryl methyl sites for hydroxylation is 2. The zero-order valence-corrected chi connectivity index (χ0v) is 19.7. The number of likely N-dealkylation sites (N-methyl/N-ethyl adjacent to an activating group) is 1.